The van der Waals surface area contributed by atoms with Crippen LogP contribution in [0.25, 0.3) is 0 Å². The molecule has 0 aromatic carbocycles. The topological polar surface area (TPSA) is 88.3 Å². The molecule has 0 bridgehead atoms. The molecule has 0 spiro atoms. The molecule has 0 amide bonds. The molecule has 0 aliphatic heterocycles. The molecule has 108 valence electrons. The van der Waals surface area contributed by atoms with Gasteiger partial charge in [-0.25, -0.2) is 13.1 Å². The summed E-state index contributed by atoms with van der Waals surface area (Å²) in [4.78, 5) is 13.2. The Morgan fingerprint density at radius 1 is 1.47 bits per heavy atom. The molecule has 1 aromatic rings. The molecule has 0 radical (unpaired) electrons. The molecule has 6 nitrogen and oxygen atoms in total. The van der Waals surface area contributed by atoms with E-state index in [-0.39, 0.29) is 23.1 Å². The van der Waals surface area contributed by atoms with E-state index >= 15 is 0 Å². The predicted octanol–water partition coefficient (Wildman–Crippen LogP) is 0.979. The molecule has 0 unspecified atom stereocenters. The van der Waals surface area contributed by atoms with Gasteiger partial charge in [0, 0.05) is 19.3 Å². The number of nitrogens with one attached hydrogen (secondary N) is 2. The fraction of sp³-hybridized carbons (Fsp3) is 0.545. The third-order valence-corrected chi connectivity index (χ3v) is 3.85. The van der Waals surface area contributed by atoms with E-state index in [2.05, 4.69) is 9.71 Å². The van der Waals surface area contributed by atoms with E-state index in [4.69, 9.17) is 16.3 Å². The van der Waals surface area contributed by atoms with Crippen molar-refractivity contribution in [1.82, 2.24) is 9.71 Å². The van der Waals surface area contributed by atoms with Gasteiger partial charge in [0.2, 0.25) is 10.0 Å². The molecule has 0 aliphatic rings. The summed E-state index contributed by atoms with van der Waals surface area (Å²) in [6.45, 7) is 5.03. The monoisotopic (exact) mass is 308 g/mol. The zero-order valence-electron chi connectivity index (χ0n) is 10.8. The van der Waals surface area contributed by atoms with Crippen LogP contribution in [0.15, 0.2) is 22.0 Å². The number of pyridine rings is 1. The maximum Gasteiger partial charge on any atom is 0.266 e. The van der Waals surface area contributed by atoms with E-state index in [0.29, 0.717) is 12.5 Å². The van der Waals surface area contributed by atoms with Gasteiger partial charge in [-0.15, -0.1) is 0 Å². The summed E-state index contributed by atoms with van der Waals surface area (Å²) in [6.07, 6.45) is 1.10. The van der Waals surface area contributed by atoms with Gasteiger partial charge >= 0.3 is 0 Å². The maximum absolute atomic E-state index is 11.8. The molecule has 1 aromatic heterocycles. The number of aromatic amines is 1. The van der Waals surface area contributed by atoms with Crippen LogP contribution in [-0.2, 0) is 14.8 Å². The van der Waals surface area contributed by atoms with E-state index in [1.54, 1.807) is 0 Å². The number of aromatic nitrogens is 1. The molecule has 0 fully saturated rings. The van der Waals surface area contributed by atoms with Gasteiger partial charge < -0.3 is 9.72 Å². The van der Waals surface area contributed by atoms with Gasteiger partial charge in [-0.3, -0.25) is 4.79 Å². The third kappa shape index (κ3) is 5.32. The van der Waals surface area contributed by atoms with Crippen LogP contribution in [0.1, 0.15) is 13.8 Å². The Balaban J connectivity index is 2.56. The lowest BCUT2D eigenvalue weighted by molar-refractivity contribution is 0.114. The Kier molecular flexibility index (Phi) is 5.99. The average molecular weight is 309 g/mol. The zero-order valence-corrected chi connectivity index (χ0v) is 12.3. The Labute approximate surface area is 117 Å². The minimum Gasteiger partial charge on any atom is -0.380 e. The first-order valence-electron chi connectivity index (χ1n) is 5.78. The molecule has 0 saturated carbocycles. The van der Waals surface area contributed by atoms with Crippen LogP contribution in [0.2, 0.25) is 5.02 Å². The SMILES string of the molecule is CC(C)COCCNS(=O)(=O)c1c[nH]c(=O)c(Cl)c1. The summed E-state index contributed by atoms with van der Waals surface area (Å²) in [5.41, 5.74) is -0.527. The van der Waals surface area contributed by atoms with Crippen molar-refractivity contribution in [3.05, 3.63) is 27.6 Å². The molecule has 19 heavy (non-hydrogen) atoms. The summed E-state index contributed by atoms with van der Waals surface area (Å²) in [7, 11) is -3.68. The van der Waals surface area contributed by atoms with Crippen LogP contribution in [-0.4, -0.2) is 33.2 Å². The van der Waals surface area contributed by atoms with Gasteiger partial charge in [0.05, 0.1) is 11.5 Å². The molecule has 2 N–H and O–H groups in total. The lowest BCUT2D eigenvalue weighted by atomic mass is 10.2. The molecule has 1 rings (SSSR count). The number of sulfonamides is 1. The second-order valence-corrected chi connectivity index (χ2v) is 6.55. The van der Waals surface area contributed by atoms with Gasteiger partial charge in [0.25, 0.3) is 5.56 Å². The van der Waals surface area contributed by atoms with E-state index in [0.717, 1.165) is 12.3 Å². The highest BCUT2D eigenvalue weighted by Gasteiger charge is 2.14. The Morgan fingerprint density at radius 3 is 2.74 bits per heavy atom. The first-order valence-corrected chi connectivity index (χ1v) is 7.64. The van der Waals surface area contributed by atoms with Crippen molar-refractivity contribution in [1.29, 1.82) is 0 Å². The van der Waals surface area contributed by atoms with Crippen LogP contribution in [0.5, 0.6) is 0 Å². The van der Waals surface area contributed by atoms with Gasteiger partial charge in [-0.2, -0.15) is 0 Å². The maximum atomic E-state index is 11.8. The molecule has 1 heterocycles. The zero-order chi connectivity index (χ0) is 14.5. The van der Waals surface area contributed by atoms with Crippen LogP contribution in [0.4, 0.5) is 0 Å². The van der Waals surface area contributed by atoms with Crippen molar-refractivity contribution in [2.24, 2.45) is 5.92 Å². The Bertz CT molecular complexity index is 568. The lowest BCUT2D eigenvalue weighted by Crippen LogP contribution is -2.28. The molecule has 0 atom stereocenters. The highest BCUT2D eigenvalue weighted by Crippen LogP contribution is 2.09. The van der Waals surface area contributed by atoms with Gasteiger partial charge in [0.15, 0.2) is 0 Å². The van der Waals surface area contributed by atoms with E-state index < -0.39 is 15.6 Å². The van der Waals surface area contributed by atoms with Crippen LogP contribution < -0.4 is 10.3 Å². The highest BCUT2D eigenvalue weighted by molar-refractivity contribution is 7.89. The number of hydrogen-bond acceptors (Lipinski definition) is 4. The van der Waals surface area contributed by atoms with Gasteiger partial charge in [-0.05, 0) is 12.0 Å². The van der Waals surface area contributed by atoms with Crippen LogP contribution in [0.3, 0.4) is 0 Å². The largest absolute Gasteiger partial charge is 0.380 e. The first kappa shape index (κ1) is 16.2. The summed E-state index contributed by atoms with van der Waals surface area (Å²) in [5, 5.41) is -0.168. The first-order chi connectivity index (χ1) is 8.83. The number of H-pyrrole nitrogens is 1. The summed E-state index contributed by atoms with van der Waals surface area (Å²) in [5.74, 6) is 0.398. The second kappa shape index (κ2) is 7.04. The summed E-state index contributed by atoms with van der Waals surface area (Å²) < 4.78 is 31.3. The standard InChI is InChI=1S/C11H17ClN2O4S/c1-8(2)7-18-4-3-14-19(16,17)9-5-10(12)11(15)13-6-9/h5-6,8,14H,3-4,7H2,1-2H3,(H,13,15). The summed E-state index contributed by atoms with van der Waals surface area (Å²) in [6, 6.07) is 1.11. The molecule has 0 aliphatic carbocycles. The van der Waals surface area contributed by atoms with E-state index in [9.17, 15) is 13.2 Å². The summed E-state index contributed by atoms with van der Waals surface area (Å²) >= 11 is 5.58. The normalized spacial score (nSPS) is 12.0. The predicted molar refractivity (Wildman–Crippen MR) is 72.9 cm³/mol. The Hall–Kier alpha value is -0.890. The van der Waals surface area contributed by atoms with Gasteiger partial charge in [0.1, 0.15) is 5.02 Å². The van der Waals surface area contributed by atoms with Crippen molar-refractivity contribution >= 4 is 21.6 Å². The van der Waals surface area contributed by atoms with Crippen molar-refractivity contribution in [3.8, 4) is 0 Å². The number of hydrogen-bond donors (Lipinski definition) is 2. The Morgan fingerprint density at radius 2 is 2.16 bits per heavy atom. The van der Waals surface area contributed by atoms with Crippen LogP contribution in [0, 0.1) is 5.92 Å². The van der Waals surface area contributed by atoms with Crippen LogP contribution >= 0.6 is 11.6 Å². The molecular formula is C11H17ClN2O4S. The second-order valence-electron chi connectivity index (χ2n) is 4.38. The van der Waals surface area contributed by atoms with E-state index in [1.807, 2.05) is 13.8 Å². The molecule has 0 saturated heterocycles. The average Bonchev–Trinajstić information content (AvgIpc) is 2.31. The van der Waals surface area contributed by atoms with Crippen molar-refractivity contribution in [3.63, 3.8) is 0 Å². The number of ether oxygens (including phenoxy) is 1. The number of halogens is 1. The third-order valence-electron chi connectivity index (χ3n) is 2.13. The smallest absolute Gasteiger partial charge is 0.266 e. The number of rotatable bonds is 7. The minimum absolute atomic E-state index is 0.0824. The van der Waals surface area contributed by atoms with Crippen molar-refractivity contribution in [2.45, 2.75) is 18.7 Å². The van der Waals surface area contributed by atoms with Gasteiger partial charge in [-0.1, -0.05) is 25.4 Å². The fourth-order valence-electron chi connectivity index (χ4n) is 1.24. The fourth-order valence-corrected chi connectivity index (χ4v) is 2.49. The minimum atomic E-state index is -3.68. The molecular weight excluding hydrogens is 292 g/mol. The van der Waals surface area contributed by atoms with E-state index in [1.165, 1.54) is 0 Å². The lowest BCUT2D eigenvalue weighted by Gasteiger charge is -2.08. The van der Waals surface area contributed by atoms with Crippen molar-refractivity contribution < 1.29 is 13.2 Å². The molecule has 8 heteroatoms. The van der Waals surface area contributed by atoms with Crippen molar-refractivity contribution in [2.75, 3.05) is 19.8 Å². The quantitative estimate of drug-likeness (QED) is 0.735. The highest BCUT2D eigenvalue weighted by atomic mass is 35.5.